The average molecular weight is 292 g/mol. The van der Waals surface area contributed by atoms with Gasteiger partial charge in [-0.05, 0) is 37.9 Å². The summed E-state index contributed by atoms with van der Waals surface area (Å²) >= 11 is 0.924. The maximum Gasteiger partial charge on any atom is 0.347 e. The number of carbonyl (C=O) groups is 1. The number of carboxylic acids is 1. The number of aromatic carboxylic acids is 1. The number of hydrogen-bond acceptors (Lipinski definition) is 5. The van der Waals surface area contributed by atoms with Crippen molar-refractivity contribution in [2.75, 3.05) is 20.1 Å². The highest BCUT2D eigenvalue weighted by atomic mass is 32.2. The van der Waals surface area contributed by atoms with E-state index in [0.29, 0.717) is 18.5 Å². The summed E-state index contributed by atoms with van der Waals surface area (Å²) in [5.41, 5.74) is 0.457. The van der Waals surface area contributed by atoms with E-state index in [0.717, 1.165) is 11.3 Å². The second kappa shape index (κ2) is 6.28. The molecular weight excluding hydrogens is 276 g/mol. The highest BCUT2D eigenvalue weighted by Gasteiger charge is 2.26. The van der Waals surface area contributed by atoms with Crippen LogP contribution in [0.25, 0.3) is 0 Å². The van der Waals surface area contributed by atoms with E-state index in [4.69, 9.17) is 5.11 Å². The third-order valence-electron chi connectivity index (χ3n) is 2.28. The standard InChI is InChI=1S/C10H16N2O4S2/c1-7-6-17-8(10(13)14)9(7)18(15,16)12-5-3-4-11-2/h6,11-12H,3-5H2,1-2H3,(H,13,14). The molecule has 0 aliphatic heterocycles. The van der Waals surface area contributed by atoms with Crippen LogP contribution in [0.4, 0.5) is 0 Å². The molecule has 3 N–H and O–H groups in total. The van der Waals surface area contributed by atoms with Gasteiger partial charge in [0, 0.05) is 6.54 Å². The lowest BCUT2D eigenvalue weighted by Gasteiger charge is -2.07. The SMILES string of the molecule is CNCCCNS(=O)(=O)c1c(C)csc1C(=O)O. The van der Waals surface area contributed by atoms with Gasteiger partial charge in [0.1, 0.15) is 9.77 Å². The Balaban J connectivity index is 2.91. The van der Waals surface area contributed by atoms with Crippen LogP contribution in [0, 0.1) is 6.92 Å². The van der Waals surface area contributed by atoms with Crippen LogP contribution in [0.15, 0.2) is 10.3 Å². The smallest absolute Gasteiger partial charge is 0.347 e. The molecule has 1 heterocycles. The number of aryl methyl sites for hydroxylation is 1. The molecule has 0 radical (unpaired) electrons. The van der Waals surface area contributed by atoms with Gasteiger partial charge >= 0.3 is 5.97 Å². The first-order chi connectivity index (χ1) is 8.40. The Hall–Kier alpha value is -0.960. The third-order valence-corrected chi connectivity index (χ3v) is 5.14. The van der Waals surface area contributed by atoms with E-state index < -0.39 is 16.0 Å². The van der Waals surface area contributed by atoms with E-state index in [2.05, 4.69) is 10.0 Å². The molecule has 0 atom stereocenters. The summed E-state index contributed by atoms with van der Waals surface area (Å²) in [6.07, 6.45) is 0.640. The van der Waals surface area contributed by atoms with Crippen LogP contribution in [0.1, 0.15) is 21.7 Å². The highest BCUT2D eigenvalue weighted by Crippen LogP contribution is 2.26. The van der Waals surface area contributed by atoms with Gasteiger partial charge in [-0.3, -0.25) is 0 Å². The number of thiophene rings is 1. The lowest BCUT2D eigenvalue weighted by atomic mass is 10.3. The predicted octanol–water partition coefficient (Wildman–Crippen LogP) is 0.643. The van der Waals surface area contributed by atoms with E-state index in [1.807, 2.05) is 0 Å². The molecule has 1 aromatic rings. The molecule has 0 saturated heterocycles. The molecule has 18 heavy (non-hydrogen) atoms. The van der Waals surface area contributed by atoms with Gasteiger partial charge < -0.3 is 10.4 Å². The fourth-order valence-electron chi connectivity index (χ4n) is 1.46. The van der Waals surface area contributed by atoms with Crippen LogP contribution in [0.5, 0.6) is 0 Å². The van der Waals surface area contributed by atoms with Crippen molar-refractivity contribution in [2.45, 2.75) is 18.2 Å². The summed E-state index contributed by atoms with van der Waals surface area (Å²) in [5, 5.41) is 13.4. The Kier molecular flexibility index (Phi) is 5.27. The molecule has 1 rings (SSSR count). The molecule has 0 amide bonds. The van der Waals surface area contributed by atoms with Crippen molar-refractivity contribution in [1.29, 1.82) is 0 Å². The Morgan fingerprint density at radius 2 is 2.11 bits per heavy atom. The Labute approximate surface area is 110 Å². The molecule has 0 bridgehead atoms. The van der Waals surface area contributed by atoms with E-state index in [9.17, 15) is 13.2 Å². The zero-order chi connectivity index (χ0) is 13.8. The van der Waals surface area contributed by atoms with Crippen molar-refractivity contribution in [3.8, 4) is 0 Å². The number of carboxylic acid groups (broad SMARTS) is 1. The van der Waals surface area contributed by atoms with Gasteiger partial charge in [0.15, 0.2) is 0 Å². The lowest BCUT2D eigenvalue weighted by Crippen LogP contribution is -2.28. The van der Waals surface area contributed by atoms with Crippen LogP contribution in [-0.4, -0.2) is 39.6 Å². The predicted molar refractivity (Wildman–Crippen MR) is 69.7 cm³/mol. The minimum absolute atomic E-state index is 0.121. The Morgan fingerprint density at radius 3 is 2.67 bits per heavy atom. The molecular formula is C10H16N2O4S2. The van der Waals surface area contributed by atoms with Gasteiger partial charge in [-0.1, -0.05) is 0 Å². The number of hydrogen-bond donors (Lipinski definition) is 3. The molecule has 1 aromatic heterocycles. The summed E-state index contributed by atoms with van der Waals surface area (Å²) in [4.78, 5) is 10.7. The first-order valence-corrected chi connectivity index (χ1v) is 7.72. The Bertz CT molecular complexity index is 522. The summed E-state index contributed by atoms with van der Waals surface area (Å²) in [5.74, 6) is -1.22. The number of sulfonamides is 1. The van der Waals surface area contributed by atoms with Crippen LogP contribution in [0.2, 0.25) is 0 Å². The summed E-state index contributed by atoms with van der Waals surface area (Å²) in [7, 11) is -1.97. The van der Waals surface area contributed by atoms with E-state index in [1.165, 1.54) is 5.38 Å². The molecule has 0 aliphatic rings. The van der Waals surface area contributed by atoms with Gasteiger partial charge in [0.05, 0.1) is 0 Å². The zero-order valence-electron chi connectivity index (χ0n) is 10.2. The minimum Gasteiger partial charge on any atom is -0.477 e. The van der Waals surface area contributed by atoms with Gasteiger partial charge in [-0.25, -0.2) is 17.9 Å². The zero-order valence-corrected chi connectivity index (χ0v) is 11.8. The molecule has 0 unspecified atom stereocenters. The van der Waals surface area contributed by atoms with Gasteiger partial charge in [-0.2, -0.15) is 0 Å². The second-order valence-electron chi connectivity index (χ2n) is 3.74. The summed E-state index contributed by atoms with van der Waals surface area (Å²) in [6.45, 7) is 2.56. The van der Waals surface area contributed by atoms with Crippen LogP contribution >= 0.6 is 11.3 Å². The Morgan fingerprint density at radius 1 is 1.44 bits per heavy atom. The molecule has 0 aliphatic carbocycles. The molecule has 0 saturated carbocycles. The van der Waals surface area contributed by atoms with Crippen molar-refractivity contribution >= 4 is 27.3 Å². The maximum absolute atomic E-state index is 12.0. The molecule has 0 spiro atoms. The van der Waals surface area contributed by atoms with Crippen LogP contribution < -0.4 is 10.0 Å². The normalized spacial score (nSPS) is 11.7. The first kappa shape index (κ1) is 15.1. The lowest BCUT2D eigenvalue weighted by molar-refractivity contribution is 0.0698. The van der Waals surface area contributed by atoms with Crippen molar-refractivity contribution in [2.24, 2.45) is 0 Å². The molecule has 6 nitrogen and oxygen atoms in total. The topological polar surface area (TPSA) is 95.5 Å². The van der Waals surface area contributed by atoms with Crippen LogP contribution in [-0.2, 0) is 10.0 Å². The summed E-state index contributed by atoms with van der Waals surface area (Å²) in [6, 6.07) is 0. The molecule has 8 heteroatoms. The van der Waals surface area contributed by atoms with E-state index in [1.54, 1.807) is 14.0 Å². The highest BCUT2D eigenvalue weighted by molar-refractivity contribution is 7.89. The van der Waals surface area contributed by atoms with E-state index >= 15 is 0 Å². The summed E-state index contributed by atoms with van der Waals surface area (Å²) < 4.78 is 26.4. The molecule has 0 aromatic carbocycles. The van der Waals surface area contributed by atoms with Gasteiger partial charge in [0.2, 0.25) is 10.0 Å². The maximum atomic E-state index is 12.0. The largest absolute Gasteiger partial charge is 0.477 e. The fourth-order valence-corrected chi connectivity index (χ4v) is 4.16. The van der Waals surface area contributed by atoms with Gasteiger partial charge in [-0.15, -0.1) is 11.3 Å². The van der Waals surface area contributed by atoms with Crippen LogP contribution in [0.3, 0.4) is 0 Å². The van der Waals surface area contributed by atoms with Crippen molar-refractivity contribution in [1.82, 2.24) is 10.0 Å². The monoisotopic (exact) mass is 292 g/mol. The van der Waals surface area contributed by atoms with Gasteiger partial charge in [0.25, 0.3) is 0 Å². The van der Waals surface area contributed by atoms with Crippen molar-refractivity contribution in [3.05, 3.63) is 15.8 Å². The second-order valence-corrected chi connectivity index (χ2v) is 6.32. The number of rotatable bonds is 7. The first-order valence-electron chi connectivity index (χ1n) is 5.35. The molecule has 0 fully saturated rings. The van der Waals surface area contributed by atoms with E-state index in [-0.39, 0.29) is 16.3 Å². The number of nitrogens with one attached hydrogen (secondary N) is 2. The average Bonchev–Trinajstić information content (AvgIpc) is 2.67. The fraction of sp³-hybridized carbons (Fsp3) is 0.500. The molecule has 102 valence electrons. The van der Waals surface area contributed by atoms with Crippen molar-refractivity contribution < 1.29 is 18.3 Å². The third kappa shape index (κ3) is 3.52. The minimum atomic E-state index is -3.75. The van der Waals surface area contributed by atoms with Crippen molar-refractivity contribution in [3.63, 3.8) is 0 Å². The quantitative estimate of drug-likeness (QED) is 0.641.